The van der Waals surface area contributed by atoms with Crippen molar-refractivity contribution < 1.29 is 9.59 Å². The summed E-state index contributed by atoms with van der Waals surface area (Å²) in [4.78, 5) is 25.6. The van der Waals surface area contributed by atoms with Crippen LogP contribution in [0.25, 0.3) is 0 Å². The summed E-state index contributed by atoms with van der Waals surface area (Å²) >= 11 is 1.67. The van der Waals surface area contributed by atoms with E-state index in [0.29, 0.717) is 12.8 Å². The zero-order chi connectivity index (χ0) is 16.8. The molecule has 1 aliphatic rings. The summed E-state index contributed by atoms with van der Waals surface area (Å²) < 4.78 is 0. The van der Waals surface area contributed by atoms with Crippen molar-refractivity contribution in [1.29, 1.82) is 0 Å². The molecule has 0 aromatic heterocycles. The number of amides is 2. The average Bonchev–Trinajstić information content (AvgIpc) is 2.60. The van der Waals surface area contributed by atoms with Gasteiger partial charge in [0.25, 0.3) is 0 Å². The molecule has 1 fully saturated rings. The molecule has 3 rings (SSSR count). The van der Waals surface area contributed by atoms with Crippen LogP contribution in [0.5, 0.6) is 0 Å². The number of thioether (sulfide) groups is 1. The number of imide groups is 1. The Morgan fingerprint density at radius 1 is 1.00 bits per heavy atom. The summed E-state index contributed by atoms with van der Waals surface area (Å²) in [5, 5.41) is 0.00179. The van der Waals surface area contributed by atoms with Gasteiger partial charge in [0.2, 0.25) is 11.8 Å². The predicted molar refractivity (Wildman–Crippen MR) is 97.4 cm³/mol. The highest BCUT2D eigenvalue weighted by Crippen LogP contribution is 2.32. The molecule has 0 spiro atoms. The van der Waals surface area contributed by atoms with Crippen molar-refractivity contribution in [3.63, 3.8) is 0 Å². The van der Waals surface area contributed by atoms with Gasteiger partial charge < -0.3 is 0 Å². The first-order valence-electron chi connectivity index (χ1n) is 8.28. The van der Waals surface area contributed by atoms with Gasteiger partial charge in [-0.1, -0.05) is 60.7 Å². The minimum atomic E-state index is -0.0368. The second-order valence-electron chi connectivity index (χ2n) is 5.95. The molecule has 0 radical (unpaired) electrons. The first-order chi connectivity index (χ1) is 11.7. The Morgan fingerprint density at radius 3 is 2.25 bits per heavy atom. The molecule has 0 N–H and O–H groups in total. The molecule has 4 heteroatoms. The summed E-state index contributed by atoms with van der Waals surface area (Å²) in [7, 11) is 0. The molecule has 124 valence electrons. The molecule has 1 atom stereocenters. The molecular weight excluding hydrogens is 318 g/mol. The first-order valence-corrected chi connectivity index (χ1v) is 9.33. The molecular formula is C20H21NO2S. The Bertz CT molecular complexity index is 687. The Morgan fingerprint density at radius 2 is 1.62 bits per heavy atom. The molecule has 1 unspecified atom stereocenters. The van der Waals surface area contributed by atoms with E-state index in [1.54, 1.807) is 11.8 Å². The lowest BCUT2D eigenvalue weighted by Gasteiger charge is -2.38. The smallest absolute Gasteiger partial charge is 0.233 e. The van der Waals surface area contributed by atoms with Crippen molar-refractivity contribution >= 4 is 23.6 Å². The Kier molecular flexibility index (Phi) is 5.70. The highest BCUT2D eigenvalue weighted by molar-refractivity contribution is 7.99. The molecule has 2 aromatic rings. The standard InChI is InChI=1S/C20H21NO2S/c22-18(13-7-12-16-8-3-1-4-9-16)21-19(23)14-20(21)24-15-17-10-5-2-6-11-17/h1-6,8-11,20H,7,12-15H2. The first kappa shape index (κ1) is 16.8. The van der Waals surface area contributed by atoms with E-state index in [0.717, 1.165) is 18.6 Å². The molecule has 0 aliphatic carbocycles. The van der Waals surface area contributed by atoms with Crippen LogP contribution in [0.3, 0.4) is 0 Å². The van der Waals surface area contributed by atoms with Crippen molar-refractivity contribution in [2.75, 3.05) is 0 Å². The second-order valence-corrected chi connectivity index (χ2v) is 7.12. The van der Waals surface area contributed by atoms with Crippen LogP contribution >= 0.6 is 11.8 Å². The molecule has 1 saturated heterocycles. The van der Waals surface area contributed by atoms with Crippen molar-refractivity contribution in [2.24, 2.45) is 0 Å². The number of likely N-dealkylation sites (tertiary alicyclic amines) is 1. The van der Waals surface area contributed by atoms with Crippen molar-refractivity contribution in [1.82, 2.24) is 4.90 Å². The highest BCUT2D eigenvalue weighted by Gasteiger charge is 2.40. The molecule has 1 aliphatic heterocycles. The minimum absolute atomic E-state index is 0.00179. The van der Waals surface area contributed by atoms with Gasteiger partial charge in [-0.25, -0.2) is 0 Å². The molecule has 2 amide bonds. The van der Waals surface area contributed by atoms with E-state index in [2.05, 4.69) is 24.3 Å². The summed E-state index contributed by atoms with van der Waals surface area (Å²) in [5.41, 5.74) is 2.45. The van der Waals surface area contributed by atoms with E-state index in [-0.39, 0.29) is 17.2 Å². The van der Waals surface area contributed by atoms with Crippen LogP contribution < -0.4 is 0 Å². The van der Waals surface area contributed by atoms with Gasteiger partial charge in [-0.15, -0.1) is 11.8 Å². The molecule has 0 saturated carbocycles. The number of rotatable bonds is 7. The summed E-state index contributed by atoms with van der Waals surface area (Å²) in [6.45, 7) is 0. The van der Waals surface area contributed by atoms with E-state index < -0.39 is 0 Å². The van der Waals surface area contributed by atoms with E-state index in [1.807, 2.05) is 36.4 Å². The predicted octanol–water partition coefficient (Wildman–Crippen LogP) is 4.03. The van der Waals surface area contributed by atoms with Crippen molar-refractivity contribution in [3.8, 4) is 0 Å². The lowest BCUT2D eigenvalue weighted by atomic mass is 10.1. The van der Waals surface area contributed by atoms with E-state index in [4.69, 9.17) is 0 Å². The lowest BCUT2D eigenvalue weighted by Crippen LogP contribution is -2.53. The third kappa shape index (κ3) is 4.26. The fraction of sp³-hybridized carbons (Fsp3) is 0.300. The van der Waals surface area contributed by atoms with Gasteiger partial charge in [-0.05, 0) is 24.0 Å². The number of nitrogens with zero attached hydrogens (tertiary/aromatic N) is 1. The number of carbonyl (C=O) groups is 2. The van der Waals surface area contributed by atoms with Crippen LogP contribution in [-0.4, -0.2) is 22.1 Å². The van der Waals surface area contributed by atoms with Gasteiger partial charge in [0.05, 0.1) is 11.8 Å². The Labute approximate surface area is 147 Å². The lowest BCUT2D eigenvalue weighted by molar-refractivity contribution is -0.154. The average molecular weight is 339 g/mol. The van der Waals surface area contributed by atoms with E-state index >= 15 is 0 Å². The molecule has 0 bridgehead atoms. The van der Waals surface area contributed by atoms with Crippen LogP contribution in [0.4, 0.5) is 0 Å². The number of carbonyl (C=O) groups excluding carboxylic acids is 2. The number of hydrogen-bond donors (Lipinski definition) is 0. The highest BCUT2D eigenvalue weighted by atomic mass is 32.2. The second kappa shape index (κ2) is 8.15. The van der Waals surface area contributed by atoms with Crippen LogP contribution in [0, 0.1) is 0 Å². The van der Waals surface area contributed by atoms with Gasteiger partial charge in [0.1, 0.15) is 0 Å². The molecule has 24 heavy (non-hydrogen) atoms. The van der Waals surface area contributed by atoms with Crippen molar-refractivity contribution in [2.45, 2.75) is 36.8 Å². The zero-order valence-electron chi connectivity index (χ0n) is 13.6. The minimum Gasteiger partial charge on any atom is -0.274 e. The summed E-state index contributed by atoms with van der Waals surface area (Å²) in [5.74, 6) is 0.755. The van der Waals surface area contributed by atoms with Crippen LogP contribution in [-0.2, 0) is 21.8 Å². The quantitative estimate of drug-likeness (QED) is 0.715. The van der Waals surface area contributed by atoms with Crippen LogP contribution in [0.2, 0.25) is 0 Å². The SMILES string of the molecule is O=C(CCCc1ccccc1)N1C(=O)CC1SCc1ccccc1. The fourth-order valence-electron chi connectivity index (χ4n) is 2.80. The maximum Gasteiger partial charge on any atom is 0.233 e. The van der Waals surface area contributed by atoms with Gasteiger partial charge in [-0.2, -0.15) is 0 Å². The fourth-order valence-corrected chi connectivity index (χ4v) is 4.02. The molecule has 2 aromatic carbocycles. The summed E-state index contributed by atoms with van der Waals surface area (Å²) in [6.07, 6.45) is 2.56. The van der Waals surface area contributed by atoms with Gasteiger partial charge in [0.15, 0.2) is 0 Å². The third-order valence-corrected chi connectivity index (χ3v) is 5.42. The van der Waals surface area contributed by atoms with Gasteiger partial charge >= 0.3 is 0 Å². The van der Waals surface area contributed by atoms with Gasteiger partial charge in [-0.3, -0.25) is 14.5 Å². The number of benzene rings is 2. The number of β-lactam (4-membered cyclic amide) rings is 1. The van der Waals surface area contributed by atoms with Crippen LogP contribution in [0.15, 0.2) is 60.7 Å². The maximum atomic E-state index is 12.3. The Balaban J connectivity index is 1.45. The number of aryl methyl sites for hydroxylation is 1. The van der Waals surface area contributed by atoms with Gasteiger partial charge in [0, 0.05) is 12.2 Å². The summed E-state index contributed by atoms with van der Waals surface area (Å²) in [6, 6.07) is 20.3. The number of hydrogen-bond acceptors (Lipinski definition) is 3. The zero-order valence-corrected chi connectivity index (χ0v) is 14.4. The largest absolute Gasteiger partial charge is 0.274 e. The van der Waals surface area contributed by atoms with E-state index in [9.17, 15) is 9.59 Å². The Hall–Kier alpha value is -2.07. The normalized spacial score (nSPS) is 16.8. The third-order valence-electron chi connectivity index (χ3n) is 4.16. The molecule has 3 nitrogen and oxygen atoms in total. The molecule has 1 heterocycles. The topological polar surface area (TPSA) is 37.4 Å². The maximum absolute atomic E-state index is 12.3. The monoisotopic (exact) mass is 339 g/mol. The van der Waals surface area contributed by atoms with E-state index in [1.165, 1.54) is 16.0 Å². The van der Waals surface area contributed by atoms with Crippen LogP contribution in [0.1, 0.15) is 30.4 Å². The van der Waals surface area contributed by atoms with Crippen molar-refractivity contribution in [3.05, 3.63) is 71.8 Å².